The normalized spacial score (nSPS) is 27.1. The molecule has 1 radical (unpaired) electrons. The molecule has 0 spiro atoms. The molecule has 10 heavy (non-hydrogen) atoms. The van der Waals surface area contributed by atoms with Gasteiger partial charge in [0.15, 0.2) is 0 Å². The largest absolute Gasteiger partial charge is 0.412 e. The molecule has 1 aliphatic heterocycles. The van der Waals surface area contributed by atoms with Gasteiger partial charge in [0.1, 0.15) is 0 Å². The first-order valence-electron chi connectivity index (χ1n) is 3.98. The average molecular weight is 158 g/mol. The Balaban J connectivity index is 0.000000810. The molecule has 1 unspecified atom stereocenters. The van der Waals surface area contributed by atoms with Crippen molar-refractivity contribution >= 4 is 15.2 Å². The fourth-order valence-electron chi connectivity index (χ4n) is 1.33. The fraction of sp³-hybridized carbons (Fsp3) is 1.00. The summed E-state index contributed by atoms with van der Waals surface area (Å²) >= 11 is 0.598. The van der Waals surface area contributed by atoms with Crippen molar-refractivity contribution in [1.29, 1.82) is 0 Å². The first kappa shape index (κ1) is 10.5. The van der Waals surface area contributed by atoms with Gasteiger partial charge in [0.05, 0.1) is 0 Å². The molecule has 1 fully saturated rings. The predicted octanol–water partition coefficient (Wildman–Crippen LogP) is 0.533. The second-order valence-electron chi connectivity index (χ2n) is 2.89. The minimum absolute atomic E-state index is 0. The molecule has 0 amide bonds. The standard InChI is InChI=1S/C7H15N.Al.H2O/c1-2-3-4-5-6-7-8;;/h7H,1-6,8H2;;1H2. The van der Waals surface area contributed by atoms with Gasteiger partial charge in [0, 0.05) is 0 Å². The van der Waals surface area contributed by atoms with Crippen molar-refractivity contribution in [1.82, 2.24) is 0 Å². The third-order valence-electron chi connectivity index (χ3n) is 1.96. The van der Waals surface area contributed by atoms with Gasteiger partial charge >= 0.3 is 0 Å². The van der Waals surface area contributed by atoms with Crippen LogP contribution in [0.25, 0.3) is 0 Å². The average Bonchev–Trinajstić information content (AvgIpc) is 1.79. The fourth-order valence-corrected chi connectivity index (χ4v) is 2.75. The number of hydrogen-bond donors (Lipinski definition) is 1. The zero-order chi connectivity index (χ0) is 6.53. The molecule has 0 aromatic heterocycles. The maximum absolute atomic E-state index is 5.84. The molecule has 0 saturated carbocycles. The van der Waals surface area contributed by atoms with Gasteiger partial charge in [-0.05, 0) is 0 Å². The summed E-state index contributed by atoms with van der Waals surface area (Å²) in [5.74, 6) is 0. The molecule has 4 N–H and O–H groups in total. The van der Waals surface area contributed by atoms with E-state index >= 15 is 0 Å². The van der Waals surface area contributed by atoms with E-state index in [1.165, 1.54) is 37.4 Å². The molecular weight excluding hydrogens is 141 g/mol. The molecule has 0 aliphatic carbocycles. The molecule has 1 heterocycles. The van der Waals surface area contributed by atoms with Crippen molar-refractivity contribution in [3.8, 4) is 0 Å². The maximum Gasteiger partial charge on any atom is 0.227 e. The van der Waals surface area contributed by atoms with Crippen LogP contribution in [-0.4, -0.2) is 25.6 Å². The third kappa shape index (κ3) is 4.30. The zero-order valence-electron chi connectivity index (χ0n) is 6.47. The van der Waals surface area contributed by atoms with E-state index in [0.717, 1.165) is 0 Å². The van der Waals surface area contributed by atoms with Crippen molar-refractivity contribution in [2.24, 2.45) is 5.73 Å². The first-order valence-corrected chi connectivity index (χ1v) is 5.47. The Labute approximate surface area is 69.2 Å². The molecule has 1 saturated heterocycles. The van der Waals surface area contributed by atoms with Crippen LogP contribution in [0, 0.1) is 0 Å². The van der Waals surface area contributed by atoms with Crippen LogP contribution in [0.1, 0.15) is 32.1 Å². The summed E-state index contributed by atoms with van der Waals surface area (Å²) in [5.41, 5.74) is 5.84. The Morgan fingerprint density at radius 1 is 1.10 bits per heavy atom. The van der Waals surface area contributed by atoms with E-state index in [1.54, 1.807) is 0 Å². The second-order valence-corrected chi connectivity index (χ2v) is 4.80. The monoisotopic (exact) mass is 158 g/mol. The van der Waals surface area contributed by atoms with Crippen LogP contribution in [0.4, 0.5) is 0 Å². The zero-order valence-corrected chi connectivity index (χ0v) is 7.63. The minimum atomic E-state index is 0. The summed E-state index contributed by atoms with van der Waals surface area (Å²) in [7, 11) is 0. The lowest BCUT2D eigenvalue weighted by Gasteiger charge is -2.12. The lowest BCUT2D eigenvalue weighted by atomic mass is 10.1. The van der Waals surface area contributed by atoms with Crippen LogP contribution in [0.2, 0.25) is 5.28 Å². The summed E-state index contributed by atoms with van der Waals surface area (Å²) in [4.78, 5) is 0.602. The van der Waals surface area contributed by atoms with Gasteiger partial charge in [0.2, 0.25) is 15.2 Å². The Morgan fingerprint density at radius 2 is 1.80 bits per heavy atom. The Hall–Kier alpha value is 0.452. The van der Waals surface area contributed by atoms with Crippen molar-refractivity contribution in [3.63, 3.8) is 0 Å². The molecule has 1 atom stereocenters. The van der Waals surface area contributed by atoms with E-state index in [9.17, 15) is 0 Å². The van der Waals surface area contributed by atoms with Crippen LogP contribution in [0.15, 0.2) is 0 Å². The van der Waals surface area contributed by atoms with Crippen LogP contribution in [0.5, 0.6) is 0 Å². The van der Waals surface area contributed by atoms with E-state index in [0.29, 0.717) is 20.1 Å². The molecule has 0 aromatic carbocycles. The molecule has 0 bridgehead atoms. The van der Waals surface area contributed by atoms with E-state index in [-0.39, 0.29) is 5.48 Å². The molecular formula is C7H17AlNO. The summed E-state index contributed by atoms with van der Waals surface area (Å²) in [6, 6.07) is 0. The highest BCUT2D eigenvalue weighted by molar-refractivity contribution is 6.37. The number of hydrogen-bond acceptors (Lipinski definition) is 1. The highest BCUT2D eigenvalue weighted by atomic mass is 27.1. The SMILES string of the molecule is N[CH]1CCCCC[CH2][Al]1.O. The van der Waals surface area contributed by atoms with Gasteiger partial charge in [0.25, 0.3) is 0 Å². The molecule has 59 valence electrons. The highest BCUT2D eigenvalue weighted by Gasteiger charge is 2.06. The van der Waals surface area contributed by atoms with Crippen molar-refractivity contribution < 1.29 is 5.48 Å². The molecule has 1 aliphatic rings. The Kier molecular flexibility index (Phi) is 6.46. The second kappa shape index (κ2) is 6.18. The number of rotatable bonds is 0. The summed E-state index contributed by atoms with van der Waals surface area (Å²) in [6.45, 7) is 0. The van der Waals surface area contributed by atoms with Crippen LogP contribution >= 0.6 is 0 Å². The van der Waals surface area contributed by atoms with Gasteiger partial charge in [-0.2, -0.15) is 0 Å². The topological polar surface area (TPSA) is 57.5 Å². The Morgan fingerprint density at radius 3 is 2.60 bits per heavy atom. The van der Waals surface area contributed by atoms with E-state index in [1.807, 2.05) is 0 Å². The molecule has 2 nitrogen and oxygen atoms in total. The van der Waals surface area contributed by atoms with Crippen molar-refractivity contribution in [2.45, 2.75) is 42.3 Å². The van der Waals surface area contributed by atoms with Crippen molar-refractivity contribution in [3.05, 3.63) is 0 Å². The lowest BCUT2D eigenvalue weighted by Crippen LogP contribution is -2.27. The quantitative estimate of drug-likeness (QED) is 0.514. The van der Waals surface area contributed by atoms with Gasteiger partial charge in [-0.1, -0.05) is 37.0 Å². The van der Waals surface area contributed by atoms with Crippen LogP contribution in [-0.2, 0) is 0 Å². The van der Waals surface area contributed by atoms with Gasteiger partial charge < -0.3 is 11.2 Å². The van der Waals surface area contributed by atoms with Crippen LogP contribution in [0.3, 0.4) is 0 Å². The predicted molar refractivity (Wildman–Crippen MR) is 45.2 cm³/mol. The van der Waals surface area contributed by atoms with Gasteiger partial charge in [-0.25, -0.2) is 0 Å². The number of nitrogens with two attached hydrogens (primary N) is 1. The third-order valence-corrected chi connectivity index (χ3v) is 3.64. The van der Waals surface area contributed by atoms with Crippen LogP contribution < -0.4 is 5.73 Å². The molecule has 3 heteroatoms. The smallest absolute Gasteiger partial charge is 0.227 e. The molecule has 1 rings (SSSR count). The summed E-state index contributed by atoms with van der Waals surface area (Å²) in [6.07, 6.45) is 7.01. The van der Waals surface area contributed by atoms with E-state index in [2.05, 4.69) is 0 Å². The minimum Gasteiger partial charge on any atom is -0.412 e. The highest BCUT2D eigenvalue weighted by Crippen LogP contribution is 2.11. The van der Waals surface area contributed by atoms with Gasteiger partial charge in [-0.3, -0.25) is 0 Å². The summed E-state index contributed by atoms with van der Waals surface area (Å²) in [5, 5.41) is 1.45. The Bertz CT molecular complexity index is 72.0. The van der Waals surface area contributed by atoms with E-state index in [4.69, 9.17) is 5.73 Å². The van der Waals surface area contributed by atoms with Crippen molar-refractivity contribution in [2.75, 3.05) is 0 Å². The maximum atomic E-state index is 5.84. The summed E-state index contributed by atoms with van der Waals surface area (Å²) < 4.78 is 0. The van der Waals surface area contributed by atoms with E-state index < -0.39 is 0 Å². The molecule has 0 aromatic rings. The first-order chi connectivity index (χ1) is 4.39. The van der Waals surface area contributed by atoms with Gasteiger partial charge in [-0.15, -0.1) is 5.28 Å². The lowest BCUT2D eigenvalue weighted by molar-refractivity contribution is 0.598.